The molecular formula is C26H33N3O. The fraction of sp³-hybridized carbons (Fsp3) is 0.538. The third-order valence-corrected chi connectivity index (χ3v) is 7.63. The molecule has 1 spiro atoms. The van der Waals surface area contributed by atoms with Crippen molar-refractivity contribution in [3.63, 3.8) is 0 Å². The molecule has 3 fully saturated rings. The maximum atomic E-state index is 13.3. The molecule has 3 aliphatic rings. The number of nitrogens with zero attached hydrogens (tertiary/aromatic N) is 3. The number of likely N-dealkylation sites (tertiary alicyclic amines) is 1. The summed E-state index contributed by atoms with van der Waals surface area (Å²) in [6.07, 6.45) is 9.73. The second-order valence-corrected chi connectivity index (χ2v) is 9.85. The van der Waals surface area contributed by atoms with E-state index in [1.165, 1.54) is 36.8 Å². The van der Waals surface area contributed by atoms with Crippen molar-refractivity contribution in [1.82, 2.24) is 14.8 Å². The Hall–Kier alpha value is -2.20. The van der Waals surface area contributed by atoms with Gasteiger partial charge in [0.15, 0.2) is 0 Å². The Morgan fingerprint density at radius 2 is 1.97 bits per heavy atom. The van der Waals surface area contributed by atoms with Gasteiger partial charge in [0.25, 0.3) is 0 Å². The minimum atomic E-state index is 0.301. The van der Waals surface area contributed by atoms with Crippen molar-refractivity contribution in [2.45, 2.75) is 52.1 Å². The number of aromatic nitrogens is 1. The molecule has 0 unspecified atom stereocenters. The number of carbonyl (C=O) groups is 1. The summed E-state index contributed by atoms with van der Waals surface area (Å²) < 4.78 is 0. The summed E-state index contributed by atoms with van der Waals surface area (Å²) in [7, 11) is 0. The van der Waals surface area contributed by atoms with E-state index in [0.717, 1.165) is 38.2 Å². The van der Waals surface area contributed by atoms with Gasteiger partial charge in [-0.25, -0.2) is 0 Å². The van der Waals surface area contributed by atoms with Crippen LogP contribution in [-0.4, -0.2) is 40.3 Å². The van der Waals surface area contributed by atoms with Gasteiger partial charge in [-0.15, -0.1) is 0 Å². The largest absolute Gasteiger partial charge is 0.338 e. The van der Waals surface area contributed by atoms with E-state index in [0.29, 0.717) is 29.7 Å². The molecule has 1 saturated heterocycles. The van der Waals surface area contributed by atoms with E-state index in [1.54, 1.807) is 6.20 Å². The van der Waals surface area contributed by atoms with Crippen molar-refractivity contribution >= 4 is 5.91 Å². The highest BCUT2D eigenvalue weighted by molar-refractivity contribution is 5.83. The van der Waals surface area contributed by atoms with Crippen LogP contribution < -0.4 is 0 Å². The van der Waals surface area contributed by atoms with Crippen LogP contribution in [0.25, 0.3) is 0 Å². The maximum Gasteiger partial charge on any atom is 0.226 e. The highest BCUT2D eigenvalue weighted by Crippen LogP contribution is 2.71. The predicted molar refractivity (Wildman–Crippen MR) is 119 cm³/mol. The lowest BCUT2D eigenvalue weighted by atomic mass is 9.95. The maximum absolute atomic E-state index is 13.3. The highest BCUT2D eigenvalue weighted by Gasteiger charge is 2.66. The Morgan fingerprint density at radius 1 is 1.17 bits per heavy atom. The number of amides is 1. The predicted octanol–water partition coefficient (Wildman–Crippen LogP) is 4.43. The molecule has 1 aliphatic heterocycles. The van der Waals surface area contributed by atoms with Crippen molar-refractivity contribution < 1.29 is 4.79 Å². The van der Waals surface area contributed by atoms with E-state index in [-0.39, 0.29) is 0 Å². The third-order valence-electron chi connectivity index (χ3n) is 7.63. The molecule has 4 nitrogen and oxygen atoms in total. The van der Waals surface area contributed by atoms with Crippen LogP contribution in [0.2, 0.25) is 0 Å². The second kappa shape index (κ2) is 8.14. The molecule has 2 aromatic rings. The van der Waals surface area contributed by atoms with Gasteiger partial charge in [-0.05, 0) is 86.2 Å². The van der Waals surface area contributed by atoms with Crippen LogP contribution >= 0.6 is 0 Å². The summed E-state index contributed by atoms with van der Waals surface area (Å²) in [6.45, 7) is 7.11. The van der Waals surface area contributed by atoms with Crippen molar-refractivity contribution in [1.29, 1.82) is 0 Å². The fourth-order valence-corrected chi connectivity index (χ4v) is 5.24. The summed E-state index contributed by atoms with van der Waals surface area (Å²) in [6, 6.07) is 12.8. The normalized spacial score (nSPS) is 22.8. The zero-order chi connectivity index (χ0) is 20.6. The summed E-state index contributed by atoms with van der Waals surface area (Å²) >= 11 is 0. The Kier molecular flexibility index (Phi) is 5.36. The molecule has 4 heteroatoms. The van der Waals surface area contributed by atoms with Gasteiger partial charge < -0.3 is 4.90 Å². The Balaban J connectivity index is 1.19. The smallest absolute Gasteiger partial charge is 0.226 e. The SMILES string of the molecule is Cc1ccccc1CN1CCC(CN(Cc2cccnc2)C(=O)[C@H]2CC23CC3)CC1. The molecule has 1 atom stereocenters. The van der Waals surface area contributed by atoms with Gasteiger partial charge in [0.1, 0.15) is 0 Å². The second-order valence-electron chi connectivity index (χ2n) is 9.85. The Morgan fingerprint density at radius 3 is 2.63 bits per heavy atom. The van der Waals surface area contributed by atoms with Crippen molar-refractivity contribution in [2.24, 2.45) is 17.3 Å². The number of pyridine rings is 1. The van der Waals surface area contributed by atoms with Crippen LogP contribution in [0.4, 0.5) is 0 Å². The molecule has 0 N–H and O–H groups in total. The Labute approximate surface area is 180 Å². The molecule has 1 aromatic carbocycles. The van der Waals surface area contributed by atoms with Crippen LogP contribution in [0, 0.1) is 24.2 Å². The van der Waals surface area contributed by atoms with E-state index < -0.39 is 0 Å². The standard InChI is InChI=1S/C26H33N3O/c1-20-5-2-3-7-23(20)19-28-13-8-21(9-14-28)17-29(18-22-6-4-12-27-16-22)25(30)24-15-26(24)10-11-26/h2-7,12,16,21,24H,8-11,13-15,17-19H2,1H3/t24-/m1/s1. The minimum absolute atomic E-state index is 0.301. The number of hydrogen-bond acceptors (Lipinski definition) is 3. The first-order chi connectivity index (χ1) is 14.6. The molecule has 5 rings (SSSR count). The average molecular weight is 404 g/mol. The van der Waals surface area contributed by atoms with E-state index in [2.05, 4.69) is 52.0 Å². The zero-order valence-electron chi connectivity index (χ0n) is 18.1. The van der Waals surface area contributed by atoms with E-state index >= 15 is 0 Å². The molecular weight excluding hydrogens is 370 g/mol. The molecule has 2 aliphatic carbocycles. The van der Waals surface area contributed by atoms with Crippen LogP contribution in [0.5, 0.6) is 0 Å². The van der Waals surface area contributed by atoms with Crippen LogP contribution in [0.3, 0.4) is 0 Å². The van der Waals surface area contributed by atoms with Crippen molar-refractivity contribution in [3.8, 4) is 0 Å². The first kappa shape index (κ1) is 19.7. The lowest BCUT2D eigenvalue weighted by molar-refractivity contribution is -0.134. The molecule has 0 radical (unpaired) electrons. The first-order valence-electron chi connectivity index (χ1n) is 11.6. The minimum Gasteiger partial charge on any atom is -0.338 e. The van der Waals surface area contributed by atoms with Gasteiger partial charge in [-0.2, -0.15) is 0 Å². The van der Waals surface area contributed by atoms with Gasteiger partial charge in [0.05, 0.1) is 0 Å². The van der Waals surface area contributed by atoms with E-state index in [1.807, 2.05) is 12.3 Å². The molecule has 2 saturated carbocycles. The number of hydrogen-bond donors (Lipinski definition) is 0. The summed E-state index contributed by atoms with van der Waals surface area (Å²) in [5.41, 5.74) is 4.38. The molecule has 1 amide bonds. The van der Waals surface area contributed by atoms with Gasteiger partial charge in [0.2, 0.25) is 5.91 Å². The quantitative estimate of drug-likeness (QED) is 0.686. The first-order valence-corrected chi connectivity index (χ1v) is 11.6. The summed E-state index contributed by atoms with van der Waals surface area (Å²) in [4.78, 5) is 22.3. The highest BCUT2D eigenvalue weighted by atomic mass is 16.2. The van der Waals surface area contributed by atoms with Gasteiger partial charge in [0, 0.05) is 37.9 Å². The lowest BCUT2D eigenvalue weighted by Crippen LogP contribution is -2.41. The van der Waals surface area contributed by atoms with Crippen molar-refractivity contribution in [3.05, 3.63) is 65.5 Å². The summed E-state index contributed by atoms with van der Waals surface area (Å²) in [5, 5.41) is 0. The Bertz CT molecular complexity index is 884. The number of piperidine rings is 1. The van der Waals surface area contributed by atoms with Gasteiger partial charge in [-0.3, -0.25) is 14.7 Å². The lowest BCUT2D eigenvalue weighted by Gasteiger charge is -2.35. The average Bonchev–Trinajstić information content (AvgIpc) is 3.70. The van der Waals surface area contributed by atoms with Crippen LogP contribution in [-0.2, 0) is 17.9 Å². The monoisotopic (exact) mass is 403 g/mol. The fourth-order valence-electron chi connectivity index (χ4n) is 5.24. The number of benzene rings is 1. The van der Waals surface area contributed by atoms with E-state index in [9.17, 15) is 4.79 Å². The topological polar surface area (TPSA) is 36.4 Å². The number of carbonyl (C=O) groups excluding carboxylic acids is 1. The molecule has 2 heterocycles. The number of rotatable bonds is 7. The van der Waals surface area contributed by atoms with Gasteiger partial charge >= 0.3 is 0 Å². The third kappa shape index (κ3) is 4.29. The van der Waals surface area contributed by atoms with Crippen molar-refractivity contribution in [2.75, 3.05) is 19.6 Å². The van der Waals surface area contributed by atoms with E-state index in [4.69, 9.17) is 0 Å². The van der Waals surface area contributed by atoms with Crippen LogP contribution in [0.1, 0.15) is 48.8 Å². The summed E-state index contributed by atoms with van der Waals surface area (Å²) in [5.74, 6) is 1.31. The molecule has 0 bridgehead atoms. The zero-order valence-corrected chi connectivity index (χ0v) is 18.1. The molecule has 1 aromatic heterocycles. The molecule has 30 heavy (non-hydrogen) atoms. The number of aryl methyl sites for hydroxylation is 1. The molecule has 158 valence electrons. The van der Waals surface area contributed by atoms with Crippen LogP contribution in [0.15, 0.2) is 48.8 Å². The van der Waals surface area contributed by atoms with Gasteiger partial charge in [-0.1, -0.05) is 30.3 Å².